The number of likely N-dealkylation sites (N-methyl/N-ethyl adjacent to an activating group) is 1. The highest BCUT2D eigenvalue weighted by molar-refractivity contribution is 5.38. The normalized spacial score (nSPS) is 21.2. The van der Waals surface area contributed by atoms with Gasteiger partial charge in [0.15, 0.2) is 0 Å². The smallest absolute Gasteiger partial charge is 0.350 e. The maximum Gasteiger partial charge on any atom is 0.350 e. The maximum atomic E-state index is 10.7. The van der Waals surface area contributed by atoms with Gasteiger partial charge in [-0.2, -0.15) is 0 Å². The monoisotopic (exact) mass is 226 g/mol. The van der Waals surface area contributed by atoms with Crippen LogP contribution in [-0.2, 0) is 0 Å². The number of ether oxygens (including phenoxy) is 1. The number of nitro groups is 1. The summed E-state index contributed by atoms with van der Waals surface area (Å²) in [5, 5.41) is 14.8. The van der Waals surface area contributed by atoms with Crippen LogP contribution in [0.15, 0.2) is 6.20 Å². The zero-order chi connectivity index (χ0) is 11.7. The van der Waals surface area contributed by atoms with E-state index in [0.29, 0.717) is 0 Å². The van der Waals surface area contributed by atoms with Gasteiger partial charge >= 0.3 is 11.6 Å². The average molecular weight is 226 g/mol. The number of hydrogen-bond donors (Lipinski definition) is 0. The van der Waals surface area contributed by atoms with Gasteiger partial charge in [-0.15, -0.1) is 5.10 Å². The molecule has 0 radical (unpaired) electrons. The Morgan fingerprint density at radius 2 is 2.44 bits per heavy atom. The van der Waals surface area contributed by atoms with Crippen molar-refractivity contribution in [3.8, 4) is 5.88 Å². The molecule has 0 amide bonds. The molecule has 1 unspecified atom stereocenters. The van der Waals surface area contributed by atoms with Crippen LogP contribution < -0.4 is 4.74 Å². The van der Waals surface area contributed by atoms with Gasteiger partial charge in [0.05, 0.1) is 18.1 Å². The molecule has 1 aromatic rings. The Labute approximate surface area is 92.7 Å². The van der Waals surface area contributed by atoms with E-state index in [4.69, 9.17) is 4.74 Å². The molecule has 1 aliphatic heterocycles. The predicted octanol–water partition coefficient (Wildman–Crippen LogP) is 0.676. The van der Waals surface area contributed by atoms with Gasteiger partial charge < -0.3 is 9.64 Å². The highest BCUT2D eigenvalue weighted by Gasteiger charge is 2.27. The molecule has 0 bridgehead atoms. The molecule has 0 saturated carbocycles. The summed E-state index contributed by atoms with van der Waals surface area (Å²) in [6, 6.07) is 0.201. The molecule has 7 heteroatoms. The molecule has 1 saturated heterocycles. The van der Waals surface area contributed by atoms with E-state index in [1.807, 2.05) is 7.05 Å². The lowest BCUT2D eigenvalue weighted by Crippen LogP contribution is -2.16. The molecule has 16 heavy (non-hydrogen) atoms. The van der Waals surface area contributed by atoms with Crippen LogP contribution in [0.3, 0.4) is 0 Å². The Kier molecular flexibility index (Phi) is 2.78. The first-order valence-electron chi connectivity index (χ1n) is 5.08. The van der Waals surface area contributed by atoms with Crippen LogP contribution in [0, 0.1) is 10.1 Å². The van der Waals surface area contributed by atoms with Gasteiger partial charge in [-0.3, -0.25) is 14.8 Å². The summed E-state index contributed by atoms with van der Waals surface area (Å²) >= 11 is 0. The number of aromatic nitrogens is 2. The van der Waals surface area contributed by atoms with E-state index in [-0.39, 0.29) is 17.6 Å². The highest BCUT2D eigenvalue weighted by atomic mass is 16.6. The first-order chi connectivity index (χ1) is 7.61. The molecule has 0 aromatic carbocycles. The van der Waals surface area contributed by atoms with Gasteiger partial charge in [-0.05, 0) is 20.0 Å². The van der Waals surface area contributed by atoms with Crippen molar-refractivity contribution < 1.29 is 9.66 Å². The van der Waals surface area contributed by atoms with E-state index >= 15 is 0 Å². The summed E-state index contributed by atoms with van der Waals surface area (Å²) in [5.74, 6) is 0.0829. The third-order valence-electron chi connectivity index (χ3n) is 2.81. The van der Waals surface area contributed by atoms with Crippen molar-refractivity contribution in [2.24, 2.45) is 0 Å². The summed E-state index contributed by atoms with van der Waals surface area (Å²) in [4.78, 5) is 12.4. The van der Waals surface area contributed by atoms with E-state index < -0.39 is 4.92 Å². The third kappa shape index (κ3) is 1.85. The summed E-state index contributed by atoms with van der Waals surface area (Å²) in [7, 11) is 3.41. The molecule has 0 aliphatic carbocycles. The zero-order valence-electron chi connectivity index (χ0n) is 9.29. The molecule has 2 heterocycles. The van der Waals surface area contributed by atoms with Crippen molar-refractivity contribution >= 4 is 5.69 Å². The lowest BCUT2D eigenvalue weighted by atomic mass is 10.3. The molecule has 1 atom stereocenters. The van der Waals surface area contributed by atoms with E-state index in [1.165, 1.54) is 13.3 Å². The molecule has 0 N–H and O–H groups in total. The maximum absolute atomic E-state index is 10.7. The lowest BCUT2D eigenvalue weighted by molar-refractivity contribution is -0.385. The fourth-order valence-electron chi connectivity index (χ4n) is 1.95. The van der Waals surface area contributed by atoms with Crippen molar-refractivity contribution in [2.45, 2.75) is 12.5 Å². The van der Waals surface area contributed by atoms with E-state index in [0.717, 1.165) is 19.5 Å². The Morgan fingerprint density at radius 3 is 2.88 bits per heavy atom. The van der Waals surface area contributed by atoms with Crippen molar-refractivity contribution in [3.63, 3.8) is 0 Å². The standard InChI is InChI=1S/C9H14N4O3/c1-11-4-3-7(5-11)12-6-8(13(14)15)9(10-12)16-2/h6-7H,3-5H2,1-2H3. The van der Waals surface area contributed by atoms with Crippen molar-refractivity contribution in [2.75, 3.05) is 27.2 Å². The third-order valence-corrected chi connectivity index (χ3v) is 2.81. The molecule has 2 rings (SSSR count). The van der Waals surface area contributed by atoms with Crippen LogP contribution in [0.5, 0.6) is 5.88 Å². The topological polar surface area (TPSA) is 73.4 Å². The molecule has 1 aliphatic rings. The molecule has 1 fully saturated rings. The van der Waals surface area contributed by atoms with Crippen molar-refractivity contribution in [1.82, 2.24) is 14.7 Å². The van der Waals surface area contributed by atoms with Crippen LogP contribution in [0.4, 0.5) is 5.69 Å². The van der Waals surface area contributed by atoms with Crippen molar-refractivity contribution in [1.29, 1.82) is 0 Å². The minimum Gasteiger partial charge on any atom is -0.475 e. The second-order valence-corrected chi connectivity index (χ2v) is 3.97. The lowest BCUT2D eigenvalue weighted by Gasteiger charge is -2.09. The van der Waals surface area contributed by atoms with Crippen LogP contribution >= 0.6 is 0 Å². The summed E-state index contributed by atoms with van der Waals surface area (Å²) in [6.07, 6.45) is 2.40. The fourth-order valence-corrected chi connectivity index (χ4v) is 1.95. The molecule has 7 nitrogen and oxygen atoms in total. The highest BCUT2D eigenvalue weighted by Crippen LogP contribution is 2.28. The first-order valence-corrected chi connectivity index (χ1v) is 5.08. The number of methoxy groups -OCH3 is 1. The van der Waals surface area contributed by atoms with Gasteiger partial charge in [0.25, 0.3) is 0 Å². The second-order valence-electron chi connectivity index (χ2n) is 3.97. The predicted molar refractivity (Wildman–Crippen MR) is 56.6 cm³/mol. The molecular formula is C9H14N4O3. The van der Waals surface area contributed by atoms with Gasteiger partial charge in [-0.25, -0.2) is 0 Å². The number of nitrogens with zero attached hydrogens (tertiary/aromatic N) is 4. The fraction of sp³-hybridized carbons (Fsp3) is 0.667. The van der Waals surface area contributed by atoms with E-state index in [2.05, 4.69) is 10.00 Å². The molecule has 1 aromatic heterocycles. The Morgan fingerprint density at radius 1 is 1.69 bits per heavy atom. The van der Waals surface area contributed by atoms with Crippen LogP contribution in [0.1, 0.15) is 12.5 Å². The number of hydrogen-bond acceptors (Lipinski definition) is 5. The Hall–Kier alpha value is -1.63. The minimum absolute atomic E-state index is 0.0722. The second kappa shape index (κ2) is 4.09. The summed E-state index contributed by atoms with van der Waals surface area (Å²) < 4.78 is 6.53. The number of rotatable bonds is 3. The SMILES string of the molecule is COc1nn(C2CCN(C)C2)cc1[N+](=O)[O-]. The van der Waals surface area contributed by atoms with Gasteiger partial charge in [0, 0.05) is 6.54 Å². The summed E-state index contributed by atoms with van der Waals surface area (Å²) in [5.41, 5.74) is -0.0722. The zero-order valence-corrected chi connectivity index (χ0v) is 9.29. The molecular weight excluding hydrogens is 212 g/mol. The Balaban J connectivity index is 2.25. The van der Waals surface area contributed by atoms with E-state index in [9.17, 15) is 10.1 Å². The van der Waals surface area contributed by atoms with Crippen LogP contribution in [0.25, 0.3) is 0 Å². The summed E-state index contributed by atoms with van der Waals surface area (Å²) in [6.45, 7) is 1.85. The van der Waals surface area contributed by atoms with Crippen LogP contribution in [-0.4, -0.2) is 46.9 Å². The van der Waals surface area contributed by atoms with Gasteiger partial charge in [-0.1, -0.05) is 0 Å². The number of likely N-dealkylation sites (tertiary alicyclic amines) is 1. The molecule has 88 valence electrons. The average Bonchev–Trinajstić information content (AvgIpc) is 2.82. The largest absolute Gasteiger partial charge is 0.475 e. The van der Waals surface area contributed by atoms with Gasteiger partial charge in [0.2, 0.25) is 0 Å². The van der Waals surface area contributed by atoms with Crippen molar-refractivity contribution in [3.05, 3.63) is 16.3 Å². The Bertz CT molecular complexity index is 403. The first kappa shape index (κ1) is 10.9. The molecule has 0 spiro atoms. The van der Waals surface area contributed by atoms with E-state index in [1.54, 1.807) is 4.68 Å². The quantitative estimate of drug-likeness (QED) is 0.559. The van der Waals surface area contributed by atoms with Gasteiger partial charge in [0.1, 0.15) is 6.20 Å². The van der Waals surface area contributed by atoms with Crippen LogP contribution in [0.2, 0.25) is 0 Å². The minimum atomic E-state index is -0.471.